The maximum absolute atomic E-state index is 9.88. The van der Waals surface area contributed by atoms with Crippen LogP contribution < -0.4 is 0 Å². The van der Waals surface area contributed by atoms with Crippen molar-refractivity contribution in [2.24, 2.45) is 0 Å². The molecule has 0 aliphatic carbocycles. The van der Waals surface area contributed by atoms with E-state index in [1.54, 1.807) is 10.8 Å². The van der Waals surface area contributed by atoms with E-state index in [9.17, 15) is 5.11 Å². The van der Waals surface area contributed by atoms with Crippen molar-refractivity contribution >= 4 is 12.2 Å². The number of para-hydroxylation sites is 1. The topological polar surface area (TPSA) is 30.1 Å². The molecule has 0 unspecified atom stereocenters. The summed E-state index contributed by atoms with van der Waals surface area (Å²) in [6.07, 6.45) is 3.77. The number of hydrogen-bond acceptors (Lipinski definition) is 2. The van der Waals surface area contributed by atoms with Gasteiger partial charge in [-0.05, 0) is 30.8 Å². The molecule has 2 aromatic rings. The Balaban J connectivity index is 2.41. The third-order valence-electron chi connectivity index (χ3n) is 2.73. The molecule has 1 aromatic heterocycles. The lowest BCUT2D eigenvalue weighted by Gasteiger charge is -2.03. The van der Waals surface area contributed by atoms with Crippen molar-refractivity contribution in [1.82, 2.24) is 9.13 Å². The molecule has 0 amide bonds. The van der Waals surface area contributed by atoms with Gasteiger partial charge in [-0.15, -0.1) is 0 Å². The predicted octanol–water partition coefficient (Wildman–Crippen LogP) is 3.51. The van der Waals surface area contributed by atoms with Crippen molar-refractivity contribution in [3.05, 3.63) is 41.3 Å². The van der Waals surface area contributed by atoms with Crippen molar-refractivity contribution in [3.63, 3.8) is 0 Å². The summed E-state index contributed by atoms with van der Waals surface area (Å²) in [6.45, 7) is 2.88. The molecule has 4 heteroatoms. The van der Waals surface area contributed by atoms with Gasteiger partial charge in [0, 0.05) is 12.2 Å². The van der Waals surface area contributed by atoms with Crippen LogP contribution in [0.25, 0.3) is 5.69 Å². The molecule has 1 heterocycles. The van der Waals surface area contributed by atoms with Gasteiger partial charge in [0.1, 0.15) is 0 Å². The lowest BCUT2D eigenvalue weighted by atomic mass is 10.3. The molecule has 0 radical (unpaired) electrons. The highest BCUT2D eigenvalue weighted by Gasteiger charge is 2.07. The molecule has 0 saturated carbocycles. The third-order valence-corrected chi connectivity index (χ3v) is 3.14. The van der Waals surface area contributed by atoms with Gasteiger partial charge in [0.2, 0.25) is 5.88 Å². The molecule has 3 nitrogen and oxygen atoms in total. The fourth-order valence-corrected chi connectivity index (χ4v) is 2.11. The van der Waals surface area contributed by atoms with Crippen molar-refractivity contribution < 1.29 is 5.11 Å². The Hall–Kier alpha value is -1.55. The number of unbranched alkanes of at least 4 members (excludes halogenated alkanes) is 1. The average Bonchev–Trinajstić information content (AvgIpc) is 2.64. The summed E-state index contributed by atoms with van der Waals surface area (Å²) >= 11 is 5.37. The number of aromatic hydroxyl groups is 1. The second-order valence-electron chi connectivity index (χ2n) is 3.98. The summed E-state index contributed by atoms with van der Waals surface area (Å²) in [4.78, 5) is 0. The Morgan fingerprint density at radius 1 is 1.24 bits per heavy atom. The van der Waals surface area contributed by atoms with Crippen molar-refractivity contribution in [1.29, 1.82) is 0 Å². The highest BCUT2D eigenvalue weighted by atomic mass is 32.1. The Morgan fingerprint density at radius 3 is 2.59 bits per heavy atom. The van der Waals surface area contributed by atoms with Crippen LogP contribution >= 0.6 is 12.2 Å². The van der Waals surface area contributed by atoms with E-state index in [0.29, 0.717) is 4.77 Å². The molecule has 1 aromatic carbocycles. The largest absolute Gasteiger partial charge is 0.493 e. The minimum absolute atomic E-state index is 0.229. The van der Waals surface area contributed by atoms with E-state index in [0.717, 1.165) is 25.1 Å². The normalized spacial score (nSPS) is 10.6. The lowest BCUT2D eigenvalue weighted by molar-refractivity contribution is 0.411. The van der Waals surface area contributed by atoms with E-state index in [2.05, 4.69) is 6.92 Å². The number of rotatable bonds is 4. The first kappa shape index (κ1) is 11.9. The van der Waals surface area contributed by atoms with Crippen molar-refractivity contribution in [2.45, 2.75) is 26.3 Å². The molecule has 2 rings (SSSR count). The van der Waals surface area contributed by atoms with Gasteiger partial charge in [-0.3, -0.25) is 9.13 Å². The smallest absolute Gasteiger partial charge is 0.210 e. The summed E-state index contributed by atoms with van der Waals surface area (Å²) in [6, 6.07) is 9.81. The second kappa shape index (κ2) is 5.19. The van der Waals surface area contributed by atoms with Gasteiger partial charge in [0.25, 0.3) is 0 Å². The summed E-state index contributed by atoms with van der Waals surface area (Å²) in [5.41, 5.74) is 0.975. The molecule has 0 bridgehead atoms. The first-order valence-electron chi connectivity index (χ1n) is 5.80. The average molecular weight is 248 g/mol. The number of nitrogens with zero attached hydrogens (tertiary/aromatic N) is 2. The highest BCUT2D eigenvalue weighted by Crippen LogP contribution is 2.18. The van der Waals surface area contributed by atoms with Crippen molar-refractivity contribution in [3.8, 4) is 11.6 Å². The zero-order valence-corrected chi connectivity index (χ0v) is 10.7. The molecule has 90 valence electrons. The van der Waals surface area contributed by atoms with Gasteiger partial charge in [0.05, 0.1) is 6.20 Å². The predicted molar refractivity (Wildman–Crippen MR) is 71.2 cm³/mol. The number of imidazole rings is 1. The molecule has 17 heavy (non-hydrogen) atoms. The summed E-state index contributed by atoms with van der Waals surface area (Å²) in [5.74, 6) is 0.229. The SMILES string of the molecule is CCCCn1c(O)cn(-c2ccccc2)c1=S. The van der Waals surface area contributed by atoms with E-state index in [-0.39, 0.29) is 5.88 Å². The van der Waals surface area contributed by atoms with Crippen LogP contribution in [0, 0.1) is 4.77 Å². The molecule has 0 aliphatic heterocycles. The van der Waals surface area contributed by atoms with Crippen LogP contribution in [0.2, 0.25) is 0 Å². The molecule has 1 N–H and O–H groups in total. The minimum atomic E-state index is 0.229. The number of benzene rings is 1. The van der Waals surface area contributed by atoms with Crippen LogP contribution in [-0.2, 0) is 6.54 Å². The lowest BCUT2D eigenvalue weighted by Crippen LogP contribution is -1.99. The first-order chi connectivity index (χ1) is 8.24. The van der Waals surface area contributed by atoms with E-state index in [1.807, 2.05) is 34.9 Å². The van der Waals surface area contributed by atoms with Gasteiger partial charge in [0.15, 0.2) is 4.77 Å². The monoisotopic (exact) mass is 248 g/mol. The minimum Gasteiger partial charge on any atom is -0.493 e. The van der Waals surface area contributed by atoms with Crippen LogP contribution in [0.3, 0.4) is 0 Å². The number of aromatic nitrogens is 2. The van der Waals surface area contributed by atoms with Crippen LogP contribution in [0.15, 0.2) is 36.5 Å². The van der Waals surface area contributed by atoms with Crippen LogP contribution in [0.5, 0.6) is 5.88 Å². The summed E-state index contributed by atoms with van der Waals surface area (Å²) < 4.78 is 4.24. The molecule has 0 fully saturated rings. The van der Waals surface area contributed by atoms with Gasteiger partial charge in [-0.25, -0.2) is 0 Å². The van der Waals surface area contributed by atoms with E-state index >= 15 is 0 Å². The standard InChI is InChI=1S/C13H16N2OS/c1-2-3-9-14-12(16)10-15(13(14)17)11-7-5-4-6-8-11/h4-8,10,16H,2-3,9H2,1H3. The highest BCUT2D eigenvalue weighted by molar-refractivity contribution is 7.71. The Bertz CT molecular complexity index is 542. The zero-order valence-electron chi connectivity index (χ0n) is 9.84. The fourth-order valence-electron chi connectivity index (χ4n) is 1.77. The quantitative estimate of drug-likeness (QED) is 0.839. The van der Waals surface area contributed by atoms with E-state index in [1.165, 1.54) is 0 Å². The van der Waals surface area contributed by atoms with E-state index in [4.69, 9.17) is 12.2 Å². The first-order valence-corrected chi connectivity index (χ1v) is 6.21. The van der Waals surface area contributed by atoms with Gasteiger partial charge >= 0.3 is 0 Å². The Kier molecular flexibility index (Phi) is 3.64. The molecule has 0 spiro atoms. The maximum Gasteiger partial charge on any atom is 0.210 e. The zero-order chi connectivity index (χ0) is 12.3. The van der Waals surface area contributed by atoms with Gasteiger partial charge < -0.3 is 5.11 Å². The van der Waals surface area contributed by atoms with Crippen LogP contribution in [-0.4, -0.2) is 14.2 Å². The Labute approximate surface area is 106 Å². The fraction of sp³-hybridized carbons (Fsp3) is 0.308. The van der Waals surface area contributed by atoms with Crippen LogP contribution in [0.1, 0.15) is 19.8 Å². The Morgan fingerprint density at radius 2 is 1.94 bits per heavy atom. The summed E-state index contributed by atoms with van der Waals surface area (Å²) in [5, 5.41) is 9.88. The van der Waals surface area contributed by atoms with Crippen LogP contribution in [0.4, 0.5) is 0 Å². The molecular formula is C13H16N2OS. The van der Waals surface area contributed by atoms with Crippen molar-refractivity contribution in [2.75, 3.05) is 0 Å². The number of hydrogen-bond donors (Lipinski definition) is 1. The second-order valence-corrected chi connectivity index (χ2v) is 4.35. The summed E-state index contributed by atoms with van der Waals surface area (Å²) in [7, 11) is 0. The van der Waals surface area contributed by atoms with E-state index < -0.39 is 0 Å². The third kappa shape index (κ3) is 2.42. The molecule has 0 atom stereocenters. The molecule has 0 saturated heterocycles. The maximum atomic E-state index is 9.88. The molecular weight excluding hydrogens is 232 g/mol. The van der Waals surface area contributed by atoms with Gasteiger partial charge in [-0.1, -0.05) is 31.5 Å². The molecule has 0 aliphatic rings. The van der Waals surface area contributed by atoms with Gasteiger partial charge in [-0.2, -0.15) is 0 Å².